The first-order valence-electron chi connectivity index (χ1n) is 9.78. The Kier molecular flexibility index (Phi) is 5.06. The van der Waals surface area contributed by atoms with Crippen molar-refractivity contribution in [3.63, 3.8) is 0 Å². The van der Waals surface area contributed by atoms with Crippen molar-refractivity contribution >= 4 is 5.91 Å². The van der Waals surface area contributed by atoms with Gasteiger partial charge in [-0.1, -0.05) is 24.3 Å². The molecule has 0 aliphatic carbocycles. The van der Waals surface area contributed by atoms with Crippen molar-refractivity contribution in [3.8, 4) is 5.75 Å². The van der Waals surface area contributed by atoms with E-state index in [1.54, 1.807) is 9.58 Å². The van der Waals surface area contributed by atoms with Gasteiger partial charge in [-0.25, -0.2) is 0 Å². The van der Waals surface area contributed by atoms with Crippen LogP contribution in [0.2, 0.25) is 0 Å². The summed E-state index contributed by atoms with van der Waals surface area (Å²) in [5, 5.41) is 12.2. The fourth-order valence-electron chi connectivity index (χ4n) is 3.68. The Morgan fingerprint density at radius 2 is 2.00 bits per heavy atom. The predicted octanol–water partition coefficient (Wildman–Crippen LogP) is 1.95. The number of rotatable bonds is 6. The normalized spacial score (nSPS) is 20.9. The second-order valence-corrected chi connectivity index (χ2v) is 7.48. The quantitative estimate of drug-likeness (QED) is 0.747. The van der Waals surface area contributed by atoms with E-state index < -0.39 is 11.2 Å². The van der Waals surface area contributed by atoms with Crippen LogP contribution in [0.1, 0.15) is 48.5 Å². The number of epoxide rings is 1. The van der Waals surface area contributed by atoms with Gasteiger partial charge in [0.1, 0.15) is 12.8 Å². The highest BCUT2D eigenvalue weighted by Crippen LogP contribution is 2.41. The molecule has 1 aromatic carbocycles. The van der Waals surface area contributed by atoms with Crippen molar-refractivity contribution in [2.45, 2.75) is 45.8 Å². The first-order chi connectivity index (χ1) is 13.9. The van der Waals surface area contributed by atoms with E-state index in [1.807, 2.05) is 50.0 Å². The molecule has 2 atom stereocenters. The average Bonchev–Trinajstić information content (AvgIpc) is 3.46. The van der Waals surface area contributed by atoms with Crippen LogP contribution in [-0.2, 0) is 16.0 Å². The number of fused-ring (bicyclic) bond motifs is 1. The van der Waals surface area contributed by atoms with E-state index in [0.29, 0.717) is 19.8 Å². The summed E-state index contributed by atoms with van der Waals surface area (Å²) in [7, 11) is 0. The molecular weight excluding hydrogens is 374 g/mol. The third-order valence-corrected chi connectivity index (χ3v) is 5.26. The highest BCUT2D eigenvalue weighted by molar-refractivity contribution is 5.96. The van der Waals surface area contributed by atoms with E-state index >= 15 is 0 Å². The summed E-state index contributed by atoms with van der Waals surface area (Å²) in [6.07, 6.45) is 1.19. The Bertz CT molecular complexity index is 987. The highest BCUT2D eigenvalue weighted by atomic mass is 16.8. The molecule has 4 rings (SSSR count). The number of nitrogens with zero attached hydrogens (tertiary/aromatic N) is 3. The molecule has 0 spiro atoms. The Morgan fingerprint density at radius 3 is 2.72 bits per heavy atom. The Balaban J connectivity index is 1.70. The lowest BCUT2D eigenvalue weighted by Crippen LogP contribution is -2.55. The number of pyridine rings is 1. The maximum absolute atomic E-state index is 12.9. The summed E-state index contributed by atoms with van der Waals surface area (Å²) in [6.45, 7) is 7.13. The van der Waals surface area contributed by atoms with E-state index in [9.17, 15) is 14.7 Å². The Labute approximate surface area is 168 Å². The molecule has 154 valence electrons. The van der Waals surface area contributed by atoms with E-state index in [2.05, 4.69) is 0 Å². The molecule has 1 N–H and O–H groups in total. The molecule has 3 heterocycles. The van der Waals surface area contributed by atoms with Gasteiger partial charge in [-0.15, -0.1) is 0 Å². The topological polar surface area (TPSA) is 87.5 Å². The van der Waals surface area contributed by atoms with E-state index in [0.717, 1.165) is 11.1 Å². The van der Waals surface area contributed by atoms with Gasteiger partial charge in [0.05, 0.1) is 6.54 Å². The van der Waals surface area contributed by atoms with Gasteiger partial charge in [-0.2, -0.15) is 0 Å². The number of hydrogen-bond donors (Lipinski definition) is 1. The van der Waals surface area contributed by atoms with Crippen molar-refractivity contribution in [1.82, 2.24) is 9.58 Å². The maximum Gasteiger partial charge on any atom is 0.278 e. The lowest BCUT2D eigenvalue weighted by atomic mass is 10.0. The van der Waals surface area contributed by atoms with E-state index in [1.165, 1.54) is 12.3 Å². The van der Waals surface area contributed by atoms with Crippen molar-refractivity contribution in [2.24, 2.45) is 0 Å². The molecule has 29 heavy (non-hydrogen) atoms. The third-order valence-electron chi connectivity index (χ3n) is 5.26. The molecule has 0 saturated carbocycles. The van der Waals surface area contributed by atoms with Crippen LogP contribution in [0, 0.1) is 0 Å². The molecule has 0 radical (unpaired) electrons. The number of amides is 1. The van der Waals surface area contributed by atoms with Gasteiger partial charge in [0, 0.05) is 24.9 Å². The fraction of sp³-hybridized carbons (Fsp3) is 0.429. The Hall–Kier alpha value is -2.84. The number of benzene rings is 1. The minimum Gasteiger partial charge on any atom is -0.502 e. The number of aromatic nitrogens is 1. The molecule has 2 aliphatic rings. The first kappa shape index (κ1) is 19.5. The van der Waals surface area contributed by atoms with Gasteiger partial charge in [0.2, 0.25) is 5.43 Å². The molecule has 2 aliphatic heterocycles. The smallest absolute Gasteiger partial charge is 0.278 e. The van der Waals surface area contributed by atoms with Gasteiger partial charge in [0.25, 0.3) is 5.91 Å². The second kappa shape index (κ2) is 7.53. The minimum absolute atomic E-state index is 0.00945. The summed E-state index contributed by atoms with van der Waals surface area (Å²) < 4.78 is 12.8. The van der Waals surface area contributed by atoms with Crippen molar-refractivity contribution in [2.75, 3.05) is 18.3 Å². The zero-order valence-electron chi connectivity index (χ0n) is 16.7. The van der Waals surface area contributed by atoms with Gasteiger partial charge in [0.15, 0.2) is 17.7 Å². The van der Waals surface area contributed by atoms with E-state index in [4.69, 9.17) is 9.47 Å². The summed E-state index contributed by atoms with van der Waals surface area (Å²) in [5.41, 5.74) is 1.49. The second-order valence-electron chi connectivity index (χ2n) is 7.48. The molecule has 1 fully saturated rings. The maximum atomic E-state index is 12.9. The van der Waals surface area contributed by atoms with Crippen LogP contribution in [0.4, 0.5) is 0 Å². The number of aromatic hydroxyl groups is 1. The van der Waals surface area contributed by atoms with Crippen LogP contribution >= 0.6 is 0 Å². The van der Waals surface area contributed by atoms with Crippen LogP contribution in [-0.4, -0.2) is 46.2 Å². The minimum atomic E-state index is -0.568. The molecule has 2 aromatic rings. The molecule has 8 heteroatoms. The zero-order chi connectivity index (χ0) is 20.7. The molecular formula is C21H25N3O5. The first-order valence-corrected chi connectivity index (χ1v) is 9.78. The molecule has 1 amide bonds. The summed E-state index contributed by atoms with van der Waals surface area (Å²) in [4.78, 5) is 26.4. The lowest BCUT2D eigenvalue weighted by molar-refractivity contribution is 0.0592. The monoisotopic (exact) mass is 399 g/mol. The van der Waals surface area contributed by atoms with Gasteiger partial charge in [-0.05, 0) is 31.9 Å². The summed E-state index contributed by atoms with van der Waals surface area (Å²) in [6, 6.07) is 9.12. The number of ether oxygens (including phenoxy) is 2. The number of carbonyl (C=O) groups is 1. The summed E-state index contributed by atoms with van der Waals surface area (Å²) >= 11 is 0. The molecule has 8 nitrogen and oxygen atoms in total. The molecule has 0 bridgehead atoms. The van der Waals surface area contributed by atoms with Crippen LogP contribution < -0.4 is 10.4 Å². The van der Waals surface area contributed by atoms with Gasteiger partial charge in [-0.3, -0.25) is 19.3 Å². The SMILES string of the molecule is CCOC1OC1c1ccccc1CN1CN(C(C)C)C(=O)c2c(O)c(=O)ccn21. The van der Waals surface area contributed by atoms with Gasteiger partial charge < -0.3 is 19.5 Å². The molecule has 1 aromatic heterocycles. The van der Waals surface area contributed by atoms with Crippen molar-refractivity contribution in [3.05, 3.63) is 63.6 Å². The van der Waals surface area contributed by atoms with Crippen molar-refractivity contribution < 1.29 is 19.4 Å². The molecule has 2 unspecified atom stereocenters. The number of hydrogen-bond acceptors (Lipinski definition) is 6. The zero-order valence-corrected chi connectivity index (χ0v) is 16.7. The van der Waals surface area contributed by atoms with E-state index in [-0.39, 0.29) is 30.0 Å². The highest BCUT2D eigenvalue weighted by Gasteiger charge is 2.42. The van der Waals surface area contributed by atoms with Crippen LogP contribution in [0.15, 0.2) is 41.3 Å². The van der Waals surface area contributed by atoms with Crippen LogP contribution in [0.5, 0.6) is 5.75 Å². The van der Waals surface area contributed by atoms with Gasteiger partial charge >= 0.3 is 0 Å². The number of carbonyl (C=O) groups excluding carboxylic acids is 1. The average molecular weight is 399 g/mol. The Morgan fingerprint density at radius 1 is 1.24 bits per heavy atom. The largest absolute Gasteiger partial charge is 0.502 e. The van der Waals surface area contributed by atoms with Crippen LogP contribution in [0.25, 0.3) is 0 Å². The standard InChI is InChI=1S/C21H25N3O5/c1-4-28-21-19(29-21)15-8-6-5-7-14(15)11-22-12-23(13(2)3)20(27)17-18(26)16(25)9-10-24(17)22/h5-10,13,19,21,26H,4,11-12H2,1-3H3. The fourth-order valence-corrected chi connectivity index (χ4v) is 3.68. The lowest BCUT2D eigenvalue weighted by Gasteiger charge is -2.41. The van der Waals surface area contributed by atoms with Crippen molar-refractivity contribution in [1.29, 1.82) is 0 Å². The van der Waals surface area contributed by atoms with Crippen LogP contribution in [0.3, 0.4) is 0 Å². The predicted molar refractivity (Wildman–Crippen MR) is 106 cm³/mol. The molecule has 1 saturated heterocycles. The summed E-state index contributed by atoms with van der Waals surface area (Å²) in [5.74, 6) is -0.884. The third kappa shape index (κ3) is 3.49.